The van der Waals surface area contributed by atoms with E-state index in [2.05, 4.69) is 26.3 Å². The molecule has 0 fully saturated rings. The van der Waals surface area contributed by atoms with Gasteiger partial charge in [-0.2, -0.15) is 5.10 Å². The third kappa shape index (κ3) is 5.37. The maximum Gasteiger partial charge on any atom is 0.266 e. The second kappa shape index (κ2) is 9.52. The van der Waals surface area contributed by atoms with Gasteiger partial charge in [0, 0.05) is 11.6 Å². The molecule has 0 unspecified atom stereocenters. The molecule has 0 saturated carbocycles. The zero-order chi connectivity index (χ0) is 25.2. The van der Waals surface area contributed by atoms with Gasteiger partial charge in [0.2, 0.25) is 10.0 Å². The number of aromatic nitrogens is 3. The molecule has 2 N–H and O–H groups in total. The Hall–Kier alpha value is -3.68. The van der Waals surface area contributed by atoms with Crippen molar-refractivity contribution in [3.05, 3.63) is 77.5 Å². The van der Waals surface area contributed by atoms with E-state index in [-0.39, 0.29) is 23.0 Å². The number of nitrogens with zero attached hydrogens (tertiary/aromatic N) is 3. The van der Waals surface area contributed by atoms with Crippen molar-refractivity contribution in [3.8, 4) is 5.75 Å². The van der Waals surface area contributed by atoms with E-state index in [4.69, 9.17) is 9.26 Å². The predicted molar refractivity (Wildman–Crippen MR) is 130 cm³/mol. The Balaban J connectivity index is 1.55. The number of aryl methyl sites for hydroxylation is 1. The van der Waals surface area contributed by atoms with Gasteiger partial charge in [0.15, 0.2) is 11.4 Å². The molecule has 0 saturated heterocycles. The van der Waals surface area contributed by atoms with Crippen molar-refractivity contribution < 1.29 is 26.1 Å². The van der Waals surface area contributed by atoms with Crippen LogP contribution in [0.4, 0.5) is 5.82 Å². The molecule has 0 bridgehead atoms. The van der Waals surface area contributed by atoms with Crippen LogP contribution >= 0.6 is 0 Å². The van der Waals surface area contributed by atoms with Crippen molar-refractivity contribution in [1.82, 2.24) is 19.7 Å². The Morgan fingerprint density at radius 2 is 1.94 bits per heavy atom. The third-order valence-corrected chi connectivity index (χ3v) is 7.50. The van der Waals surface area contributed by atoms with Crippen LogP contribution in [0.5, 0.6) is 5.75 Å². The summed E-state index contributed by atoms with van der Waals surface area (Å²) in [6, 6.07) is 11.6. The molecule has 0 aliphatic rings. The Bertz CT molecular complexity index is 1610. The minimum atomic E-state index is -3.97. The molecule has 0 amide bonds. The van der Waals surface area contributed by atoms with Gasteiger partial charge >= 0.3 is 0 Å². The van der Waals surface area contributed by atoms with Gasteiger partial charge in [-0.25, -0.2) is 21.6 Å². The summed E-state index contributed by atoms with van der Waals surface area (Å²) in [5.41, 5.74) is 2.54. The molecule has 4 aromatic rings. The van der Waals surface area contributed by atoms with Gasteiger partial charge in [-0.3, -0.25) is 9.40 Å². The van der Waals surface area contributed by atoms with Crippen LogP contribution in [0.15, 0.2) is 70.1 Å². The van der Waals surface area contributed by atoms with E-state index < -0.39 is 20.0 Å². The molecule has 184 valence electrons. The second-order valence-corrected chi connectivity index (χ2v) is 11.0. The molecule has 0 spiro atoms. The molecule has 11 nitrogen and oxygen atoms in total. The van der Waals surface area contributed by atoms with Gasteiger partial charge in [-0.15, -0.1) is 0 Å². The SMILES string of the molecule is C=CS(=O)(=O)NCc1ccn(Cc2cc(C)c3c(NS(=O)(=O)c4ccccc4OC)noc3c2)n1. The minimum Gasteiger partial charge on any atom is -0.495 e. The van der Waals surface area contributed by atoms with E-state index in [9.17, 15) is 16.8 Å². The summed E-state index contributed by atoms with van der Waals surface area (Å²) >= 11 is 0. The monoisotopic (exact) mass is 517 g/mol. The number of sulfonamides is 2. The first kappa shape index (κ1) is 24.4. The van der Waals surface area contributed by atoms with E-state index in [0.717, 1.165) is 16.5 Å². The average molecular weight is 518 g/mol. The number of anilines is 1. The maximum atomic E-state index is 12.9. The Kier molecular flexibility index (Phi) is 6.65. The highest BCUT2D eigenvalue weighted by Gasteiger charge is 2.23. The van der Waals surface area contributed by atoms with Gasteiger partial charge in [0.25, 0.3) is 10.0 Å². The lowest BCUT2D eigenvalue weighted by Crippen LogP contribution is -2.20. The molecule has 0 radical (unpaired) electrons. The van der Waals surface area contributed by atoms with E-state index in [1.165, 1.54) is 13.2 Å². The molecule has 0 aliphatic carbocycles. The Morgan fingerprint density at radius 1 is 1.17 bits per heavy atom. The summed E-state index contributed by atoms with van der Waals surface area (Å²) in [7, 11) is -6.12. The quantitative estimate of drug-likeness (QED) is 0.327. The van der Waals surface area contributed by atoms with E-state index in [0.29, 0.717) is 23.2 Å². The molecule has 4 rings (SSSR count). The molecule has 2 aromatic heterocycles. The fraction of sp³-hybridized carbons (Fsp3) is 0.182. The first-order chi connectivity index (χ1) is 16.6. The van der Waals surface area contributed by atoms with E-state index >= 15 is 0 Å². The Labute approximate surface area is 202 Å². The number of fused-ring (bicyclic) bond motifs is 1. The summed E-state index contributed by atoms with van der Waals surface area (Å²) < 4.78 is 66.0. The first-order valence-corrected chi connectivity index (χ1v) is 13.3. The van der Waals surface area contributed by atoms with Crippen LogP contribution in [0.3, 0.4) is 0 Å². The zero-order valence-corrected chi connectivity index (χ0v) is 20.6. The molecular formula is C22H23N5O6S2. The molecule has 2 heterocycles. The highest BCUT2D eigenvalue weighted by atomic mass is 32.2. The number of hydrogen-bond donors (Lipinski definition) is 2. The lowest BCUT2D eigenvalue weighted by Gasteiger charge is -2.10. The van der Waals surface area contributed by atoms with Crippen LogP contribution < -0.4 is 14.2 Å². The van der Waals surface area contributed by atoms with Crippen LogP contribution in [0.1, 0.15) is 16.8 Å². The van der Waals surface area contributed by atoms with E-state index in [1.54, 1.807) is 41.2 Å². The normalized spacial score (nSPS) is 12.1. The third-order valence-electron chi connectivity index (χ3n) is 5.14. The van der Waals surface area contributed by atoms with E-state index in [1.807, 2.05) is 13.0 Å². The van der Waals surface area contributed by atoms with Crippen molar-refractivity contribution in [1.29, 1.82) is 0 Å². The van der Waals surface area contributed by atoms with Gasteiger partial charge < -0.3 is 9.26 Å². The first-order valence-electron chi connectivity index (χ1n) is 10.3. The fourth-order valence-corrected chi connectivity index (χ4v) is 5.18. The summed E-state index contributed by atoms with van der Waals surface area (Å²) in [6.45, 7) is 5.49. The summed E-state index contributed by atoms with van der Waals surface area (Å²) in [5, 5.41) is 9.66. The number of rotatable bonds is 10. The lowest BCUT2D eigenvalue weighted by molar-refractivity contribution is 0.403. The molecule has 2 aromatic carbocycles. The molecule has 13 heteroatoms. The Morgan fingerprint density at radius 3 is 2.69 bits per heavy atom. The van der Waals surface area contributed by atoms with Crippen molar-refractivity contribution in [2.75, 3.05) is 11.8 Å². The van der Waals surface area contributed by atoms with Crippen LogP contribution in [0.25, 0.3) is 11.0 Å². The summed E-state index contributed by atoms with van der Waals surface area (Å²) in [5.74, 6) is 0.286. The highest BCUT2D eigenvalue weighted by Crippen LogP contribution is 2.31. The van der Waals surface area contributed by atoms with Crippen molar-refractivity contribution in [2.45, 2.75) is 24.9 Å². The molecule has 0 aliphatic heterocycles. The maximum absolute atomic E-state index is 12.9. The number of ether oxygens (including phenoxy) is 1. The molecular weight excluding hydrogens is 494 g/mol. The number of nitrogens with one attached hydrogen (secondary N) is 2. The predicted octanol–water partition coefficient (Wildman–Crippen LogP) is 2.75. The standard InChI is InChI=1S/C22H23N5O6S2/c1-4-34(28,29)23-13-17-9-10-27(24-17)14-16-11-15(2)21-19(12-16)33-25-22(21)26-35(30,31)20-8-6-5-7-18(20)32-3/h4-12,23H,1,13-14H2,2-3H3,(H,25,26). The minimum absolute atomic E-state index is 0.0159. The van der Waals surface area contributed by atoms with Crippen LogP contribution in [-0.2, 0) is 33.1 Å². The average Bonchev–Trinajstić information content (AvgIpc) is 3.44. The largest absolute Gasteiger partial charge is 0.495 e. The van der Waals surface area contributed by atoms with Gasteiger partial charge in [0.1, 0.15) is 10.6 Å². The summed E-state index contributed by atoms with van der Waals surface area (Å²) in [4.78, 5) is -0.0159. The number of methoxy groups -OCH3 is 1. The second-order valence-electron chi connectivity index (χ2n) is 7.61. The molecule has 0 atom stereocenters. The fourth-order valence-electron chi connectivity index (χ4n) is 3.53. The molecule has 35 heavy (non-hydrogen) atoms. The van der Waals surface area contributed by atoms with Crippen molar-refractivity contribution >= 4 is 36.8 Å². The van der Waals surface area contributed by atoms with Gasteiger partial charge in [0.05, 0.1) is 31.3 Å². The number of hydrogen-bond acceptors (Lipinski definition) is 8. The smallest absolute Gasteiger partial charge is 0.266 e. The van der Waals surface area contributed by atoms with Crippen LogP contribution in [0, 0.1) is 6.92 Å². The van der Waals surface area contributed by atoms with Crippen LogP contribution in [-0.4, -0.2) is 38.9 Å². The van der Waals surface area contributed by atoms with Crippen LogP contribution in [0.2, 0.25) is 0 Å². The van der Waals surface area contributed by atoms with Crippen molar-refractivity contribution in [3.63, 3.8) is 0 Å². The zero-order valence-electron chi connectivity index (χ0n) is 18.9. The number of para-hydroxylation sites is 1. The summed E-state index contributed by atoms with van der Waals surface area (Å²) in [6.07, 6.45) is 1.73. The highest BCUT2D eigenvalue weighted by molar-refractivity contribution is 7.93. The van der Waals surface area contributed by atoms with Crippen molar-refractivity contribution in [2.24, 2.45) is 0 Å². The number of benzene rings is 2. The lowest BCUT2D eigenvalue weighted by atomic mass is 10.1. The topological polar surface area (TPSA) is 145 Å². The van der Waals surface area contributed by atoms with Gasteiger partial charge in [-0.1, -0.05) is 29.9 Å². The van der Waals surface area contributed by atoms with Gasteiger partial charge in [-0.05, 0) is 42.3 Å².